The minimum Gasteiger partial charge on any atom is -0.381 e. The molecule has 3 rings (SSSR count). The maximum atomic E-state index is 12.8. The quantitative estimate of drug-likeness (QED) is 0.835. The first-order valence-electron chi connectivity index (χ1n) is 9.08. The zero-order valence-corrected chi connectivity index (χ0v) is 15.4. The lowest BCUT2D eigenvalue weighted by molar-refractivity contribution is -0.139. The summed E-state index contributed by atoms with van der Waals surface area (Å²) in [6.45, 7) is 7.25. The van der Waals surface area contributed by atoms with Gasteiger partial charge in [-0.05, 0) is 26.3 Å². The molecule has 8 heteroatoms. The van der Waals surface area contributed by atoms with Gasteiger partial charge in [0.15, 0.2) is 5.82 Å². The smallest absolute Gasteiger partial charge is 0.242 e. The van der Waals surface area contributed by atoms with E-state index in [1.54, 1.807) is 0 Å². The molecule has 1 amide bonds. The van der Waals surface area contributed by atoms with E-state index in [0.717, 1.165) is 13.0 Å². The average Bonchev–Trinajstić information content (AvgIpc) is 3.24. The molecule has 140 valence electrons. The molecule has 0 aliphatic carbocycles. The Morgan fingerprint density at radius 2 is 2.16 bits per heavy atom. The highest BCUT2D eigenvalue weighted by Gasteiger charge is 2.41. The number of nitrogens with zero attached hydrogens (tertiary/aromatic N) is 4. The van der Waals surface area contributed by atoms with Crippen molar-refractivity contribution in [3.8, 4) is 0 Å². The number of carbonyl (C=O) groups excluding carboxylic acids is 1. The molecule has 2 N–H and O–H groups in total. The highest BCUT2D eigenvalue weighted by Crippen LogP contribution is 2.24. The number of carbonyl (C=O) groups is 1. The summed E-state index contributed by atoms with van der Waals surface area (Å²) in [5, 5.41) is 4.05. The average molecular weight is 351 g/mol. The van der Waals surface area contributed by atoms with E-state index >= 15 is 0 Å². The summed E-state index contributed by atoms with van der Waals surface area (Å²) in [4.78, 5) is 21.3. The normalized spacial score (nSPS) is 23.6. The summed E-state index contributed by atoms with van der Waals surface area (Å²) in [5.74, 6) is 1.65. The molecule has 0 bridgehead atoms. The van der Waals surface area contributed by atoms with E-state index in [4.69, 9.17) is 15.0 Å². The Kier molecular flexibility index (Phi) is 5.41. The van der Waals surface area contributed by atoms with E-state index in [-0.39, 0.29) is 17.9 Å². The van der Waals surface area contributed by atoms with Crippen molar-refractivity contribution in [2.45, 2.75) is 57.2 Å². The molecule has 1 aromatic heterocycles. The maximum Gasteiger partial charge on any atom is 0.242 e. The van der Waals surface area contributed by atoms with E-state index < -0.39 is 5.54 Å². The van der Waals surface area contributed by atoms with Crippen LogP contribution < -0.4 is 5.73 Å². The fourth-order valence-electron chi connectivity index (χ4n) is 3.47. The topological polar surface area (TPSA) is 97.7 Å². The van der Waals surface area contributed by atoms with Crippen LogP contribution in [0.4, 0.5) is 0 Å². The fraction of sp³-hybridized carbons (Fsp3) is 0.824. The molecule has 0 radical (unpaired) electrons. The van der Waals surface area contributed by atoms with Crippen LogP contribution in [0.2, 0.25) is 0 Å². The van der Waals surface area contributed by atoms with Crippen molar-refractivity contribution >= 4 is 5.91 Å². The van der Waals surface area contributed by atoms with Crippen molar-refractivity contribution < 1.29 is 14.1 Å². The van der Waals surface area contributed by atoms with Crippen LogP contribution in [0, 0.1) is 0 Å². The summed E-state index contributed by atoms with van der Waals surface area (Å²) in [6, 6.07) is 0.286. The monoisotopic (exact) mass is 351 g/mol. The van der Waals surface area contributed by atoms with Crippen LogP contribution in [0.25, 0.3) is 0 Å². The molecule has 2 aliphatic heterocycles. The second kappa shape index (κ2) is 7.39. The van der Waals surface area contributed by atoms with Crippen LogP contribution in [-0.2, 0) is 16.1 Å². The first-order chi connectivity index (χ1) is 11.9. The summed E-state index contributed by atoms with van der Waals surface area (Å²) >= 11 is 0. The van der Waals surface area contributed by atoms with E-state index in [0.29, 0.717) is 50.9 Å². The molecule has 3 heterocycles. The number of aromatic nitrogens is 2. The SMILES string of the molecule is CC(C)c1nc(CN(C)C2CCN(C(=O)C3(N)CCOCC3)C2)no1. The number of hydrogen-bond acceptors (Lipinski definition) is 7. The lowest BCUT2D eigenvalue weighted by atomic mass is 9.90. The first kappa shape index (κ1) is 18.3. The third-order valence-electron chi connectivity index (χ3n) is 5.25. The number of nitrogens with two attached hydrogens (primary N) is 1. The molecule has 1 atom stereocenters. The Morgan fingerprint density at radius 3 is 2.80 bits per heavy atom. The van der Waals surface area contributed by atoms with Crippen molar-refractivity contribution in [3.63, 3.8) is 0 Å². The van der Waals surface area contributed by atoms with Gasteiger partial charge in [-0.2, -0.15) is 4.98 Å². The molecular formula is C17H29N5O3. The molecule has 2 aliphatic rings. The predicted octanol–water partition coefficient (Wildman–Crippen LogP) is 0.734. The van der Waals surface area contributed by atoms with Crippen molar-refractivity contribution in [1.82, 2.24) is 19.9 Å². The van der Waals surface area contributed by atoms with Crippen LogP contribution in [0.15, 0.2) is 4.52 Å². The van der Waals surface area contributed by atoms with Gasteiger partial charge in [0.05, 0.1) is 12.1 Å². The number of likely N-dealkylation sites (N-methyl/N-ethyl adjacent to an activating group) is 1. The summed E-state index contributed by atoms with van der Waals surface area (Å²) in [7, 11) is 2.04. The number of likely N-dealkylation sites (tertiary alicyclic amines) is 1. The van der Waals surface area contributed by atoms with Gasteiger partial charge in [0.25, 0.3) is 0 Å². The molecule has 0 spiro atoms. The van der Waals surface area contributed by atoms with Gasteiger partial charge in [0.2, 0.25) is 11.8 Å². The number of hydrogen-bond donors (Lipinski definition) is 1. The van der Waals surface area contributed by atoms with Gasteiger partial charge in [-0.25, -0.2) is 0 Å². The molecule has 25 heavy (non-hydrogen) atoms. The van der Waals surface area contributed by atoms with Gasteiger partial charge >= 0.3 is 0 Å². The Morgan fingerprint density at radius 1 is 1.44 bits per heavy atom. The first-order valence-corrected chi connectivity index (χ1v) is 9.08. The Labute approximate surface area is 148 Å². The fourth-order valence-corrected chi connectivity index (χ4v) is 3.47. The van der Waals surface area contributed by atoms with Gasteiger partial charge in [0, 0.05) is 38.3 Å². The second-order valence-electron chi connectivity index (χ2n) is 7.58. The molecular weight excluding hydrogens is 322 g/mol. The van der Waals surface area contributed by atoms with E-state index in [1.165, 1.54) is 0 Å². The lowest BCUT2D eigenvalue weighted by Gasteiger charge is -2.35. The third kappa shape index (κ3) is 4.02. The molecule has 1 aromatic rings. The van der Waals surface area contributed by atoms with E-state index in [2.05, 4.69) is 15.0 Å². The van der Waals surface area contributed by atoms with Crippen molar-refractivity contribution in [2.75, 3.05) is 33.4 Å². The van der Waals surface area contributed by atoms with Gasteiger partial charge in [0.1, 0.15) is 0 Å². The zero-order chi connectivity index (χ0) is 18.0. The van der Waals surface area contributed by atoms with E-state index in [1.807, 2.05) is 25.8 Å². The van der Waals surface area contributed by atoms with Crippen molar-refractivity contribution in [2.24, 2.45) is 5.73 Å². The molecule has 2 fully saturated rings. The highest BCUT2D eigenvalue weighted by molar-refractivity contribution is 5.86. The van der Waals surface area contributed by atoms with Crippen LogP contribution in [0.3, 0.4) is 0 Å². The predicted molar refractivity (Wildman–Crippen MR) is 91.8 cm³/mol. The van der Waals surface area contributed by atoms with Crippen LogP contribution in [-0.4, -0.2) is 70.8 Å². The molecule has 8 nitrogen and oxygen atoms in total. The number of ether oxygens (including phenoxy) is 1. The molecule has 0 saturated carbocycles. The van der Waals surface area contributed by atoms with Gasteiger partial charge in [-0.15, -0.1) is 0 Å². The molecule has 2 saturated heterocycles. The Balaban J connectivity index is 1.55. The summed E-state index contributed by atoms with van der Waals surface area (Å²) < 4.78 is 10.6. The van der Waals surface area contributed by atoms with Gasteiger partial charge in [-0.3, -0.25) is 9.69 Å². The van der Waals surface area contributed by atoms with Crippen molar-refractivity contribution in [1.29, 1.82) is 0 Å². The lowest BCUT2D eigenvalue weighted by Crippen LogP contribution is -2.57. The zero-order valence-electron chi connectivity index (χ0n) is 15.4. The van der Waals surface area contributed by atoms with Crippen LogP contribution in [0.5, 0.6) is 0 Å². The summed E-state index contributed by atoms with van der Waals surface area (Å²) in [6.07, 6.45) is 2.14. The van der Waals surface area contributed by atoms with Gasteiger partial charge in [-0.1, -0.05) is 19.0 Å². The maximum absolute atomic E-state index is 12.8. The minimum absolute atomic E-state index is 0.0633. The standard InChI is InChI=1S/C17H29N5O3/c1-12(2)15-19-14(20-25-15)11-21(3)13-4-7-22(10-13)16(23)17(18)5-8-24-9-6-17/h12-13H,4-11,18H2,1-3H3. The van der Waals surface area contributed by atoms with Gasteiger partial charge < -0.3 is 19.9 Å². The largest absolute Gasteiger partial charge is 0.381 e. The molecule has 0 aromatic carbocycles. The Hall–Kier alpha value is -1.51. The second-order valence-corrected chi connectivity index (χ2v) is 7.58. The van der Waals surface area contributed by atoms with E-state index in [9.17, 15) is 4.79 Å². The van der Waals surface area contributed by atoms with Crippen molar-refractivity contribution in [3.05, 3.63) is 11.7 Å². The minimum atomic E-state index is -0.758. The highest BCUT2D eigenvalue weighted by atomic mass is 16.5. The number of amides is 1. The van der Waals surface area contributed by atoms with Crippen LogP contribution in [0.1, 0.15) is 50.7 Å². The Bertz CT molecular complexity index is 597. The summed E-state index contributed by atoms with van der Waals surface area (Å²) in [5.41, 5.74) is 5.58. The number of rotatable bonds is 5. The van der Waals surface area contributed by atoms with Crippen LogP contribution >= 0.6 is 0 Å². The molecule has 1 unspecified atom stereocenters. The third-order valence-corrected chi connectivity index (χ3v) is 5.25.